The van der Waals surface area contributed by atoms with Crippen molar-refractivity contribution < 1.29 is 39.3 Å². The lowest BCUT2D eigenvalue weighted by Gasteiger charge is -2.08. The third-order valence-corrected chi connectivity index (χ3v) is 6.34. The highest BCUT2D eigenvalue weighted by atomic mass is 32.2. The standard InChI is InChI=1S/C15H18F3S.CHF3O3S/c1-4-5-11-6-7-12-9-13(10(2)3)19(14(12)8-11)15(16,17)18;2-1(3,4)8(5,6)7/h6-10H,4-5H2,1-3H3;(H,5,6,7)/q+1;/p-1. The molecule has 0 N–H and O–H groups in total. The van der Waals surface area contributed by atoms with E-state index in [-0.39, 0.29) is 5.92 Å². The highest BCUT2D eigenvalue weighted by Crippen LogP contribution is 2.53. The molecular weight excluding hydrogens is 418 g/mol. The molecule has 2 rings (SSSR count). The SMILES string of the molecule is CCCc1ccc2cc(C(C)C)[s+](C(F)(F)F)c2c1.O=S(=O)([O-])C(F)(F)F. The highest BCUT2D eigenvalue weighted by Gasteiger charge is 2.48. The van der Waals surface area contributed by atoms with Gasteiger partial charge in [-0.05, 0) is 18.1 Å². The molecule has 0 fully saturated rings. The normalized spacial score (nSPS) is 13.7. The van der Waals surface area contributed by atoms with Gasteiger partial charge in [0, 0.05) is 23.4 Å². The van der Waals surface area contributed by atoms with Crippen molar-refractivity contribution >= 4 is 30.7 Å². The Bertz CT molecular complexity index is 880. The van der Waals surface area contributed by atoms with Crippen molar-refractivity contribution in [2.24, 2.45) is 0 Å². The third kappa shape index (κ3) is 6.08. The minimum Gasteiger partial charge on any atom is -0.741 e. The van der Waals surface area contributed by atoms with E-state index >= 15 is 0 Å². The third-order valence-electron chi connectivity index (χ3n) is 3.45. The van der Waals surface area contributed by atoms with E-state index < -0.39 is 31.6 Å². The highest BCUT2D eigenvalue weighted by molar-refractivity contribution is 7.86. The summed E-state index contributed by atoms with van der Waals surface area (Å²) in [6, 6.07) is 7.26. The van der Waals surface area contributed by atoms with Gasteiger partial charge in [-0.2, -0.15) is 13.2 Å². The van der Waals surface area contributed by atoms with Crippen LogP contribution in [0.1, 0.15) is 43.6 Å². The van der Waals surface area contributed by atoms with Crippen LogP contribution < -0.4 is 0 Å². The monoisotopic (exact) mass is 436 g/mol. The van der Waals surface area contributed by atoms with Crippen molar-refractivity contribution in [3.8, 4) is 0 Å². The molecule has 1 heterocycles. The molecule has 2 aromatic rings. The van der Waals surface area contributed by atoms with Crippen LogP contribution >= 0.6 is 10.5 Å². The fraction of sp³-hybridized carbons (Fsp3) is 0.500. The average molecular weight is 436 g/mol. The van der Waals surface area contributed by atoms with Crippen molar-refractivity contribution in [3.63, 3.8) is 0 Å². The van der Waals surface area contributed by atoms with Gasteiger partial charge in [0.25, 0.3) is 0 Å². The summed E-state index contributed by atoms with van der Waals surface area (Å²) in [6.45, 7) is 5.70. The van der Waals surface area contributed by atoms with E-state index in [4.69, 9.17) is 13.0 Å². The van der Waals surface area contributed by atoms with Gasteiger partial charge >= 0.3 is 11.0 Å². The van der Waals surface area contributed by atoms with E-state index in [1.165, 1.54) is 0 Å². The molecule has 0 bridgehead atoms. The zero-order chi connectivity index (χ0) is 21.2. The Hall–Kier alpha value is -1.33. The summed E-state index contributed by atoms with van der Waals surface area (Å²) in [6.07, 6.45) is 1.78. The van der Waals surface area contributed by atoms with E-state index in [0.29, 0.717) is 9.58 Å². The number of fused-ring (bicyclic) bond motifs is 1. The van der Waals surface area contributed by atoms with Gasteiger partial charge in [-0.15, -0.1) is 13.2 Å². The zero-order valence-corrected chi connectivity index (χ0v) is 16.2. The smallest absolute Gasteiger partial charge is 0.600 e. The van der Waals surface area contributed by atoms with Crippen LogP contribution in [-0.4, -0.2) is 18.5 Å². The second-order valence-corrected chi connectivity index (χ2v) is 9.33. The van der Waals surface area contributed by atoms with E-state index in [0.717, 1.165) is 23.8 Å². The second kappa shape index (κ2) is 8.36. The molecule has 0 saturated carbocycles. The van der Waals surface area contributed by atoms with Gasteiger partial charge in [-0.3, -0.25) is 0 Å². The van der Waals surface area contributed by atoms with Crippen molar-refractivity contribution in [2.45, 2.75) is 50.5 Å². The Morgan fingerprint density at radius 1 is 1.07 bits per heavy atom. The molecule has 1 aromatic carbocycles. The fourth-order valence-electron chi connectivity index (χ4n) is 2.32. The number of rotatable bonds is 3. The first kappa shape index (κ1) is 23.7. The Balaban J connectivity index is 0.000000387. The first-order chi connectivity index (χ1) is 12.1. The number of benzene rings is 1. The summed E-state index contributed by atoms with van der Waals surface area (Å²) in [4.78, 5) is 0.510. The van der Waals surface area contributed by atoms with Gasteiger partial charge in [0.1, 0.15) is 0 Å². The van der Waals surface area contributed by atoms with Crippen LogP contribution in [0.2, 0.25) is 0 Å². The average Bonchev–Trinajstić information content (AvgIpc) is 2.85. The molecule has 0 aliphatic heterocycles. The number of aryl methyl sites for hydroxylation is 1. The molecule has 1 unspecified atom stereocenters. The van der Waals surface area contributed by atoms with Gasteiger partial charge in [0.15, 0.2) is 19.7 Å². The maximum atomic E-state index is 13.3. The molecule has 0 saturated heterocycles. The van der Waals surface area contributed by atoms with E-state index in [1.54, 1.807) is 12.1 Å². The minimum atomic E-state index is -6.09. The van der Waals surface area contributed by atoms with E-state index in [2.05, 4.69) is 0 Å². The first-order valence-electron chi connectivity index (χ1n) is 7.77. The molecule has 154 valence electrons. The molecule has 0 amide bonds. The molecule has 11 heteroatoms. The van der Waals surface area contributed by atoms with E-state index in [9.17, 15) is 26.3 Å². The summed E-state index contributed by atoms with van der Waals surface area (Å²) >= 11 is 0. The summed E-state index contributed by atoms with van der Waals surface area (Å²) in [7, 11) is -7.83. The molecular formula is C16H18F6O3S2. The van der Waals surface area contributed by atoms with Gasteiger partial charge in [0.2, 0.25) is 0 Å². The lowest BCUT2D eigenvalue weighted by atomic mass is 10.1. The lowest BCUT2D eigenvalue weighted by molar-refractivity contribution is -0.0868. The molecule has 0 aliphatic rings. The fourth-order valence-corrected chi connectivity index (χ4v) is 4.44. The Morgan fingerprint density at radius 3 is 1.96 bits per heavy atom. The number of hydrogen-bond acceptors (Lipinski definition) is 3. The Kier molecular flexibility index (Phi) is 7.34. The largest absolute Gasteiger partial charge is 0.741 e. The zero-order valence-electron chi connectivity index (χ0n) is 14.6. The molecule has 0 radical (unpaired) electrons. The molecule has 0 aliphatic carbocycles. The summed E-state index contributed by atoms with van der Waals surface area (Å²) in [5.74, 6) is -0.0769. The van der Waals surface area contributed by atoms with Crippen LogP contribution in [0, 0.1) is 0 Å². The van der Waals surface area contributed by atoms with Crippen LogP contribution in [0.4, 0.5) is 26.3 Å². The van der Waals surface area contributed by atoms with Crippen LogP contribution in [-0.2, 0) is 22.0 Å². The predicted octanol–water partition coefficient (Wildman–Crippen LogP) is 6.19. The molecule has 3 nitrogen and oxygen atoms in total. The maximum Gasteiger partial charge on any atom is 0.600 e. The lowest BCUT2D eigenvalue weighted by Crippen LogP contribution is -2.21. The topological polar surface area (TPSA) is 57.2 Å². The number of alkyl halides is 6. The number of thiophene rings is 1. The Morgan fingerprint density at radius 2 is 1.59 bits per heavy atom. The Labute approximate surface area is 155 Å². The van der Waals surface area contributed by atoms with Gasteiger partial charge in [-0.1, -0.05) is 33.3 Å². The molecule has 27 heavy (non-hydrogen) atoms. The number of halogens is 6. The van der Waals surface area contributed by atoms with Crippen molar-refractivity contribution in [3.05, 3.63) is 34.7 Å². The van der Waals surface area contributed by atoms with Crippen LogP contribution in [0.25, 0.3) is 10.1 Å². The summed E-state index contributed by atoms with van der Waals surface area (Å²) in [5, 5.41) is 0.740. The van der Waals surface area contributed by atoms with Crippen LogP contribution in [0.15, 0.2) is 24.3 Å². The maximum absolute atomic E-state index is 13.3. The van der Waals surface area contributed by atoms with Gasteiger partial charge in [-0.25, -0.2) is 8.42 Å². The number of hydrogen-bond donors (Lipinski definition) is 0. The van der Waals surface area contributed by atoms with Crippen LogP contribution in [0.5, 0.6) is 0 Å². The molecule has 1 aromatic heterocycles. The van der Waals surface area contributed by atoms with Crippen molar-refractivity contribution in [2.75, 3.05) is 0 Å². The first-order valence-corrected chi connectivity index (χ1v) is 10.4. The van der Waals surface area contributed by atoms with Crippen molar-refractivity contribution in [1.82, 2.24) is 0 Å². The van der Waals surface area contributed by atoms with Crippen LogP contribution in [0.3, 0.4) is 0 Å². The summed E-state index contributed by atoms with van der Waals surface area (Å²) in [5.41, 5.74) is -8.82. The van der Waals surface area contributed by atoms with Crippen molar-refractivity contribution in [1.29, 1.82) is 0 Å². The molecule has 1 atom stereocenters. The minimum absolute atomic E-state index is 0.0769. The molecule has 0 spiro atoms. The summed E-state index contributed by atoms with van der Waals surface area (Å²) < 4.78 is 99.4. The van der Waals surface area contributed by atoms with E-state index in [1.807, 2.05) is 32.9 Å². The quantitative estimate of drug-likeness (QED) is 0.249. The van der Waals surface area contributed by atoms with Gasteiger partial charge in [0.05, 0.1) is 10.5 Å². The second-order valence-electron chi connectivity index (χ2n) is 5.98. The predicted molar refractivity (Wildman–Crippen MR) is 91.6 cm³/mol. The van der Waals surface area contributed by atoms with Gasteiger partial charge < -0.3 is 4.55 Å².